The molecule has 3 aromatic heterocycles. The van der Waals surface area contributed by atoms with Crippen LogP contribution in [0.15, 0.2) is 24.5 Å². The van der Waals surface area contributed by atoms with E-state index in [1.54, 1.807) is 4.68 Å². The normalized spacial score (nSPS) is 17.5. The average Bonchev–Trinajstić information content (AvgIpc) is 3.16. The quantitative estimate of drug-likeness (QED) is 0.782. The Kier molecular flexibility index (Phi) is 3.72. The first-order chi connectivity index (χ1) is 11.7. The van der Waals surface area contributed by atoms with Crippen molar-refractivity contribution in [3.05, 3.63) is 41.6 Å². The first kappa shape index (κ1) is 14.8. The number of aromatic nitrogens is 6. The lowest BCUT2D eigenvalue weighted by molar-refractivity contribution is -0.123. The van der Waals surface area contributed by atoms with E-state index in [4.69, 9.17) is 0 Å². The van der Waals surface area contributed by atoms with Crippen LogP contribution in [0.4, 0.5) is 0 Å². The molecule has 0 aromatic carbocycles. The van der Waals surface area contributed by atoms with Gasteiger partial charge in [-0.15, -0.1) is 5.10 Å². The van der Waals surface area contributed by atoms with Gasteiger partial charge in [-0.1, -0.05) is 12.5 Å². The van der Waals surface area contributed by atoms with E-state index >= 15 is 0 Å². The van der Waals surface area contributed by atoms with Gasteiger partial charge in [-0.05, 0) is 41.8 Å². The first-order valence-corrected chi connectivity index (χ1v) is 8.19. The molecule has 1 aliphatic rings. The fraction of sp³-hybridized carbons (Fsp3) is 0.438. The second-order valence-corrected chi connectivity index (χ2v) is 6.18. The predicted octanol–water partition coefficient (Wildman–Crippen LogP) is 1.21. The number of nitrogens with one attached hydrogen (secondary N) is 1. The summed E-state index contributed by atoms with van der Waals surface area (Å²) in [5, 5.41) is 14.7. The van der Waals surface area contributed by atoms with Crippen molar-refractivity contribution in [1.29, 1.82) is 0 Å². The molecular weight excluding hydrogens is 306 g/mol. The highest BCUT2D eigenvalue weighted by atomic mass is 16.1. The summed E-state index contributed by atoms with van der Waals surface area (Å²) >= 11 is 0. The minimum absolute atomic E-state index is 0.0401. The predicted molar refractivity (Wildman–Crippen MR) is 86.2 cm³/mol. The summed E-state index contributed by atoms with van der Waals surface area (Å²) in [7, 11) is 0. The van der Waals surface area contributed by atoms with Crippen LogP contribution in [0.1, 0.15) is 42.3 Å². The van der Waals surface area contributed by atoms with E-state index in [0.717, 1.165) is 42.7 Å². The molecule has 1 atom stereocenters. The van der Waals surface area contributed by atoms with Gasteiger partial charge in [0.1, 0.15) is 5.65 Å². The highest BCUT2D eigenvalue weighted by molar-refractivity contribution is 5.82. The number of rotatable bonds is 3. The van der Waals surface area contributed by atoms with Gasteiger partial charge in [-0.2, -0.15) is 0 Å². The third kappa shape index (κ3) is 2.64. The van der Waals surface area contributed by atoms with Gasteiger partial charge in [-0.25, -0.2) is 9.67 Å². The van der Waals surface area contributed by atoms with Crippen LogP contribution in [0.3, 0.4) is 0 Å². The molecule has 0 unspecified atom stereocenters. The summed E-state index contributed by atoms with van der Waals surface area (Å²) in [5.41, 5.74) is 2.86. The summed E-state index contributed by atoms with van der Waals surface area (Å²) < 4.78 is 3.72. The fourth-order valence-electron chi connectivity index (χ4n) is 3.20. The number of nitrogens with zero attached hydrogens (tertiary/aromatic N) is 6. The van der Waals surface area contributed by atoms with Crippen LogP contribution in [0.5, 0.6) is 0 Å². The molecule has 0 radical (unpaired) electrons. The van der Waals surface area contributed by atoms with Gasteiger partial charge in [0.25, 0.3) is 0 Å². The number of carbonyl (C=O) groups excluding carboxylic acids is 1. The smallest absolute Gasteiger partial charge is 0.231 e. The maximum absolute atomic E-state index is 12.6. The molecule has 0 bridgehead atoms. The summed E-state index contributed by atoms with van der Waals surface area (Å²) in [6.07, 6.45) is 6.65. The zero-order chi connectivity index (χ0) is 16.5. The molecule has 4 rings (SSSR count). The van der Waals surface area contributed by atoms with E-state index in [2.05, 4.69) is 25.8 Å². The number of fused-ring (bicyclic) bond motifs is 2. The molecule has 1 N–H and O–H groups in total. The molecule has 0 aliphatic carbocycles. The first-order valence-electron chi connectivity index (χ1n) is 8.19. The van der Waals surface area contributed by atoms with Gasteiger partial charge < -0.3 is 9.72 Å². The van der Waals surface area contributed by atoms with Crippen LogP contribution in [-0.2, 0) is 17.9 Å². The molecule has 0 saturated carbocycles. The van der Waals surface area contributed by atoms with E-state index in [1.807, 2.05) is 35.9 Å². The zero-order valence-electron chi connectivity index (χ0n) is 13.5. The molecule has 1 aliphatic heterocycles. The number of amides is 1. The lowest BCUT2D eigenvalue weighted by Crippen LogP contribution is -2.30. The Morgan fingerprint density at radius 3 is 3.21 bits per heavy atom. The Morgan fingerprint density at radius 2 is 2.33 bits per heavy atom. The van der Waals surface area contributed by atoms with Crippen LogP contribution in [0.25, 0.3) is 5.65 Å². The summed E-state index contributed by atoms with van der Waals surface area (Å²) in [5.74, 6) is 0.332. The van der Waals surface area contributed by atoms with Gasteiger partial charge in [0.2, 0.25) is 5.91 Å². The lowest BCUT2D eigenvalue weighted by Gasteiger charge is -2.12. The highest BCUT2D eigenvalue weighted by Gasteiger charge is 2.28. The highest BCUT2D eigenvalue weighted by Crippen LogP contribution is 2.24. The molecule has 0 saturated heterocycles. The van der Waals surface area contributed by atoms with Crippen molar-refractivity contribution in [2.75, 3.05) is 0 Å². The van der Waals surface area contributed by atoms with E-state index in [0.29, 0.717) is 12.4 Å². The largest absolute Gasteiger partial charge is 0.350 e. The molecule has 0 fully saturated rings. The van der Waals surface area contributed by atoms with E-state index in [-0.39, 0.29) is 11.8 Å². The Bertz CT molecular complexity index is 882. The van der Waals surface area contributed by atoms with Crippen molar-refractivity contribution < 1.29 is 4.79 Å². The average molecular weight is 325 g/mol. The van der Waals surface area contributed by atoms with Crippen LogP contribution < -0.4 is 5.32 Å². The zero-order valence-corrected chi connectivity index (χ0v) is 13.5. The second kappa shape index (κ2) is 6.03. The number of carbonyl (C=O) groups is 1. The standard InChI is InChI=1S/C16H19N7O/c1-11-5-4-7-22-10-12(18-14(11)22)9-17-16(24)13-6-2-3-8-23-15(13)19-20-21-23/h4-5,7,10,13H,2-3,6,8-9H2,1H3,(H,17,24)/t13-/m0/s1. The Hall–Kier alpha value is -2.77. The number of pyridine rings is 1. The van der Waals surface area contributed by atoms with Crippen LogP contribution in [0, 0.1) is 6.92 Å². The molecule has 1 amide bonds. The number of tetrazole rings is 1. The van der Waals surface area contributed by atoms with Crippen molar-refractivity contribution in [3.63, 3.8) is 0 Å². The monoisotopic (exact) mass is 325 g/mol. The topological polar surface area (TPSA) is 90.0 Å². The van der Waals surface area contributed by atoms with Crippen LogP contribution >= 0.6 is 0 Å². The fourth-order valence-corrected chi connectivity index (χ4v) is 3.20. The summed E-state index contributed by atoms with van der Waals surface area (Å²) in [4.78, 5) is 17.2. The van der Waals surface area contributed by atoms with Crippen molar-refractivity contribution in [3.8, 4) is 0 Å². The van der Waals surface area contributed by atoms with E-state index < -0.39 is 0 Å². The molecule has 4 heterocycles. The number of hydrogen-bond acceptors (Lipinski definition) is 5. The van der Waals surface area contributed by atoms with Crippen molar-refractivity contribution in [2.24, 2.45) is 0 Å². The summed E-state index contributed by atoms with van der Waals surface area (Å²) in [6.45, 7) is 3.20. The maximum atomic E-state index is 12.6. The van der Waals surface area contributed by atoms with Gasteiger partial charge in [-0.3, -0.25) is 4.79 Å². The van der Waals surface area contributed by atoms with Crippen LogP contribution in [0.2, 0.25) is 0 Å². The van der Waals surface area contributed by atoms with Crippen molar-refractivity contribution >= 4 is 11.6 Å². The number of hydrogen-bond donors (Lipinski definition) is 1. The Labute approximate surface area is 138 Å². The van der Waals surface area contributed by atoms with Crippen molar-refractivity contribution in [2.45, 2.75) is 45.2 Å². The van der Waals surface area contributed by atoms with Gasteiger partial charge in [0.15, 0.2) is 5.82 Å². The minimum atomic E-state index is -0.290. The van der Waals surface area contributed by atoms with Crippen molar-refractivity contribution in [1.82, 2.24) is 34.9 Å². The minimum Gasteiger partial charge on any atom is -0.350 e. The molecule has 3 aromatic rings. The molecule has 124 valence electrons. The number of aryl methyl sites for hydroxylation is 2. The Balaban J connectivity index is 1.49. The maximum Gasteiger partial charge on any atom is 0.231 e. The SMILES string of the molecule is Cc1cccn2cc(CNC(=O)[C@H]3CCCCn4nnnc43)nc12. The second-order valence-electron chi connectivity index (χ2n) is 6.18. The summed E-state index contributed by atoms with van der Waals surface area (Å²) in [6, 6.07) is 4.01. The van der Waals surface area contributed by atoms with Crippen LogP contribution in [-0.4, -0.2) is 35.5 Å². The molecular formula is C16H19N7O. The third-order valence-corrected chi connectivity index (χ3v) is 4.47. The third-order valence-electron chi connectivity index (χ3n) is 4.47. The lowest BCUT2D eigenvalue weighted by atomic mass is 10.0. The molecule has 8 nitrogen and oxygen atoms in total. The van der Waals surface area contributed by atoms with E-state index in [1.165, 1.54) is 0 Å². The number of imidazole rings is 1. The van der Waals surface area contributed by atoms with Gasteiger partial charge >= 0.3 is 0 Å². The molecule has 24 heavy (non-hydrogen) atoms. The molecule has 0 spiro atoms. The molecule has 8 heteroatoms. The Morgan fingerprint density at radius 1 is 1.42 bits per heavy atom. The van der Waals surface area contributed by atoms with Gasteiger partial charge in [0.05, 0.1) is 18.2 Å². The van der Waals surface area contributed by atoms with E-state index in [9.17, 15) is 4.79 Å². The van der Waals surface area contributed by atoms with Gasteiger partial charge in [0, 0.05) is 18.9 Å².